The Hall–Kier alpha value is -2.45. The number of aromatic nitrogens is 1. The fourth-order valence-electron chi connectivity index (χ4n) is 2.49. The highest BCUT2D eigenvalue weighted by atomic mass is 32.2. The van der Waals surface area contributed by atoms with E-state index < -0.39 is 16.0 Å². The van der Waals surface area contributed by atoms with E-state index in [-0.39, 0.29) is 22.8 Å². The summed E-state index contributed by atoms with van der Waals surface area (Å²) in [5, 5.41) is 0. The Morgan fingerprint density at radius 2 is 1.92 bits per heavy atom. The van der Waals surface area contributed by atoms with E-state index in [1.165, 1.54) is 23.5 Å². The Bertz CT molecular complexity index is 1110. The monoisotopic (exact) mass is 390 g/mol. The smallest absolute Gasteiger partial charge is 0.326 e. The lowest BCUT2D eigenvalue weighted by atomic mass is 10.2. The van der Waals surface area contributed by atoms with E-state index in [0.717, 1.165) is 15.8 Å². The minimum Gasteiger partial charge on any atom is -0.465 e. The van der Waals surface area contributed by atoms with Gasteiger partial charge in [0.1, 0.15) is 6.54 Å². The van der Waals surface area contributed by atoms with Gasteiger partial charge in [-0.1, -0.05) is 35.6 Å². The van der Waals surface area contributed by atoms with Crippen molar-refractivity contribution in [3.63, 3.8) is 0 Å². The van der Waals surface area contributed by atoms with Crippen molar-refractivity contribution >= 4 is 37.5 Å². The van der Waals surface area contributed by atoms with Crippen molar-refractivity contribution in [1.82, 2.24) is 4.57 Å². The van der Waals surface area contributed by atoms with E-state index in [9.17, 15) is 13.2 Å². The lowest BCUT2D eigenvalue weighted by Gasteiger charge is -2.05. The van der Waals surface area contributed by atoms with Gasteiger partial charge in [-0.15, -0.1) is 4.40 Å². The van der Waals surface area contributed by atoms with Crippen LogP contribution >= 0.6 is 11.3 Å². The van der Waals surface area contributed by atoms with Gasteiger partial charge in [0, 0.05) is 0 Å². The molecule has 0 saturated heterocycles. The fraction of sp³-hybridized carbons (Fsp3) is 0.222. The van der Waals surface area contributed by atoms with Crippen molar-refractivity contribution in [2.75, 3.05) is 6.61 Å². The van der Waals surface area contributed by atoms with E-state index in [1.807, 2.05) is 25.1 Å². The minimum absolute atomic E-state index is 0.0972. The zero-order valence-electron chi connectivity index (χ0n) is 14.4. The molecule has 0 radical (unpaired) electrons. The summed E-state index contributed by atoms with van der Waals surface area (Å²) in [7, 11) is -3.88. The van der Waals surface area contributed by atoms with Crippen LogP contribution < -0.4 is 4.80 Å². The zero-order valence-corrected chi connectivity index (χ0v) is 16.0. The van der Waals surface area contributed by atoms with Crippen LogP contribution in [-0.2, 0) is 26.1 Å². The van der Waals surface area contributed by atoms with Gasteiger partial charge in [0.25, 0.3) is 10.0 Å². The van der Waals surface area contributed by atoms with Gasteiger partial charge < -0.3 is 9.30 Å². The first-order valence-electron chi connectivity index (χ1n) is 8.02. The lowest BCUT2D eigenvalue weighted by Crippen LogP contribution is -2.23. The highest BCUT2D eigenvalue weighted by molar-refractivity contribution is 7.90. The summed E-state index contributed by atoms with van der Waals surface area (Å²) in [4.78, 5) is 12.3. The molecular formula is C18H18N2O4S2. The first kappa shape index (κ1) is 18.3. The van der Waals surface area contributed by atoms with Crippen LogP contribution in [0.3, 0.4) is 0 Å². The van der Waals surface area contributed by atoms with Crippen molar-refractivity contribution in [2.24, 2.45) is 4.40 Å². The number of carbonyl (C=O) groups excluding carboxylic acids is 1. The number of hydrogen-bond donors (Lipinski definition) is 0. The molecule has 0 aliphatic carbocycles. The SMILES string of the molecule is CCOC(=O)Cn1c(=NS(=O)(=O)c2ccccc2)sc2cc(C)ccc21. The molecule has 0 amide bonds. The van der Waals surface area contributed by atoms with Crippen LogP contribution in [0.25, 0.3) is 10.2 Å². The van der Waals surface area contributed by atoms with E-state index in [1.54, 1.807) is 29.7 Å². The minimum atomic E-state index is -3.88. The summed E-state index contributed by atoms with van der Waals surface area (Å²) in [6, 6.07) is 13.7. The number of aryl methyl sites for hydroxylation is 1. The van der Waals surface area contributed by atoms with Gasteiger partial charge >= 0.3 is 5.97 Å². The number of fused-ring (bicyclic) bond motifs is 1. The molecule has 1 heterocycles. The van der Waals surface area contributed by atoms with Gasteiger partial charge in [-0.2, -0.15) is 8.42 Å². The van der Waals surface area contributed by atoms with Crippen molar-refractivity contribution in [3.8, 4) is 0 Å². The van der Waals surface area contributed by atoms with E-state index in [0.29, 0.717) is 0 Å². The van der Waals surface area contributed by atoms with Crippen molar-refractivity contribution in [2.45, 2.75) is 25.3 Å². The van der Waals surface area contributed by atoms with Crippen LogP contribution in [0.15, 0.2) is 57.8 Å². The maximum Gasteiger partial charge on any atom is 0.326 e. The highest BCUT2D eigenvalue weighted by Crippen LogP contribution is 2.20. The molecule has 0 N–H and O–H groups in total. The molecule has 8 heteroatoms. The van der Waals surface area contributed by atoms with Crippen molar-refractivity contribution < 1.29 is 17.9 Å². The fourth-order valence-corrected chi connectivity index (χ4v) is 4.84. The molecule has 0 unspecified atom stereocenters. The number of rotatable bonds is 5. The van der Waals surface area contributed by atoms with Crippen LogP contribution in [0.2, 0.25) is 0 Å². The number of carbonyl (C=O) groups is 1. The third kappa shape index (κ3) is 3.86. The van der Waals surface area contributed by atoms with E-state index >= 15 is 0 Å². The van der Waals surface area contributed by atoms with E-state index in [2.05, 4.69) is 4.40 Å². The van der Waals surface area contributed by atoms with Gasteiger partial charge in [-0.05, 0) is 43.7 Å². The standard InChI is InChI=1S/C18H18N2O4S2/c1-3-24-17(21)12-20-15-10-9-13(2)11-16(15)25-18(20)19-26(22,23)14-7-5-4-6-8-14/h4-11H,3,12H2,1-2H3. The van der Waals surface area contributed by atoms with Crippen molar-refractivity contribution in [3.05, 3.63) is 58.9 Å². The number of nitrogens with zero attached hydrogens (tertiary/aromatic N) is 2. The summed E-state index contributed by atoms with van der Waals surface area (Å²) in [6.07, 6.45) is 0. The Labute approximate surface area is 155 Å². The molecule has 0 aliphatic heterocycles. The van der Waals surface area contributed by atoms with Crippen LogP contribution in [0.4, 0.5) is 0 Å². The Kier molecular flexibility index (Phi) is 5.24. The topological polar surface area (TPSA) is 77.7 Å². The Morgan fingerprint density at radius 1 is 1.19 bits per heavy atom. The van der Waals surface area contributed by atoms with Gasteiger partial charge in [0.15, 0.2) is 0 Å². The summed E-state index contributed by atoms with van der Waals surface area (Å²) in [5.41, 5.74) is 1.79. The predicted molar refractivity (Wildman–Crippen MR) is 100 cm³/mol. The van der Waals surface area contributed by atoms with Crippen LogP contribution in [0.1, 0.15) is 12.5 Å². The lowest BCUT2D eigenvalue weighted by molar-refractivity contribution is -0.143. The molecule has 0 saturated carbocycles. The summed E-state index contributed by atoms with van der Waals surface area (Å²) < 4.78 is 36.7. The van der Waals surface area contributed by atoms with Crippen molar-refractivity contribution in [1.29, 1.82) is 0 Å². The summed E-state index contributed by atoms with van der Waals surface area (Å²) in [5.74, 6) is -0.439. The molecule has 1 aromatic heterocycles. The largest absolute Gasteiger partial charge is 0.465 e. The maximum atomic E-state index is 12.6. The Balaban J connectivity index is 2.19. The molecule has 0 fully saturated rings. The third-order valence-corrected chi connectivity index (χ3v) is 6.11. The number of benzene rings is 2. The Morgan fingerprint density at radius 3 is 2.62 bits per heavy atom. The molecule has 3 aromatic rings. The van der Waals surface area contributed by atoms with Gasteiger partial charge in [0.2, 0.25) is 4.80 Å². The molecule has 0 atom stereocenters. The first-order valence-corrected chi connectivity index (χ1v) is 10.3. The second kappa shape index (κ2) is 7.43. The third-order valence-electron chi connectivity index (χ3n) is 3.67. The van der Waals surface area contributed by atoms with Gasteiger partial charge in [-0.25, -0.2) is 0 Å². The molecule has 3 rings (SSSR count). The normalized spacial score (nSPS) is 12.5. The summed E-state index contributed by atoms with van der Waals surface area (Å²) >= 11 is 1.23. The number of sulfonamides is 1. The zero-order chi connectivity index (χ0) is 18.7. The van der Waals surface area contributed by atoms with Crippen LogP contribution in [0.5, 0.6) is 0 Å². The maximum absolute atomic E-state index is 12.6. The molecule has 6 nitrogen and oxygen atoms in total. The average molecular weight is 390 g/mol. The quantitative estimate of drug-likeness (QED) is 0.628. The van der Waals surface area contributed by atoms with Gasteiger partial charge in [0.05, 0.1) is 21.7 Å². The second-order valence-electron chi connectivity index (χ2n) is 5.63. The molecule has 0 spiro atoms. The van der Waals surface area contributed by atoms with E-state index in [4.69, 9.17) is 4.74 Å². The summed E-state index contributed by atoms with van der Waals surface area (Å²) in [6.45, 7) is 3.84. The van der Waals surface area contributed by atoms with Crippen LogP contribution in [-0.4, -0.2) is 25.6 Å². The number of ether oxygens (including phenoxy) is 1. The molecule has 26 heavy (non-hydrogen) atoms. The molecule has 0 bridgehead atoms. The second-order valence-corrected chi connectivity index (χ2v) is 8.24. The number of thiazole rings is 1. The van der Waals surface area contributed by atoms with Gasteiger partial charge in [-0.3, -0.25) is 4.79 Å². The molecule has 0 aliphatic rings. The first-order chi connectivity index (χ1) is 12.4. The number of hydrogen-bond acceptors (Lipinski definition) is 5. The van der Waals surface area contributed by atoms with Crippen LogP contribution in [0, 0.1) is 6.92 Å². The molecule has 2 aromatic carbocycles. The molecule has 136 valence electrons. The average Bonchev–Trinajstić information content (AvgIpc) is 2.91. The number of esters is 1. The highest BCUT2D eigenvalue weighted by Gasteiger charge is 2.16. The predicted octanol–water partition coefficient (Wildman–Crippen LogP) is 2.86. The molecular weight excluding hydrogens is 372 g/mol.